The average molecular weight is 451 g/mol. The third-order valence-electron chi connectivity index (χ3n) is 5.43. The van der Waals surface area contributed by atoms with Crippen molar-refractivity contribution >= 4 is 22.9 Å². The molecule has 0 spiro atoms. The van der Waals surface area contributed by atoms with Gasteiger partial charge in [0, 0.05) is 43.5 Å². The van der Waals surface area contributed by atoms with Gasteiger partial charge in [0.2, 0.25) is 5.91 Å². The van der Waals surface area contributed by atoms with Crippen LogP contribution < -0.4 is 10.2 Å². The minimum atomic E-state index is -0.0502. The summed E-state index contributed by atoms with van der Waals surface area (Å²) >= 11 is 0. The fraction of sp³-hybridized carbons (Fsp3) is 0.480. The maximum absolute atomic E-state index is 12.3. The van der Waals surface area contributed by atoms with Gasteiger partial charge in [-0.05, 0) is 55.4 Å². The molecule has 3 aromatic rings. The molecule has 0 radical (unpaired) electrons. The Morgan fingerprint density at radius 2 is 1.85 bits per heavy atom. The van der Waals surface area contributed by atoms with Crippen LogP contribution in [0.25, 0.3) is 16.9 Å². The molecule has 0 saturated carbocycles. The molecule has 8 heteroatoms. The zero-order chi connectivity index (χ0) is 23.6. The molecule has 1 N–H and O–H groups in total. The second kappa shape index (κ2) is 9.49. The predicted octanol–water partition coefficient (Wildman–Crippen LogP) is 3.67. The Kier molecular flexibility index (Phi) is 6.67. The van der Waals surface area contributed by atoms with Crippen LogP contribution in [-0.2, 0) is 16.1 Å². The summed E-state index contributed by atoms with van der Waals surface area (Å²) in [6.07, 6.45) is 2.55. The number of nitrogens with zero attached hydrogens (tertiary/aromatic N) is 5. The Bertz CT molecular complexity index is 1110. The number of carbonyl (C=O) groups excluding carboxylic acids is 1. The van der Waals surface area contributed by atoms with Crippen molar-refractivity contribution in [2.45, 2.75) is 33.7 Å². The fourth-order valence-corrected chi connectivity index (χ4v) is 4.01. The van der Waals surface area contributed by atoms with Crippen LogP contribution in [0, 0.1) is 5.41 Å². The summed E-state index contributed by atoms with van der Waals surface area (Å²) in [6.45, 7) is 10.0. The van der Waals surface area contributed by atoms with Crippen molar-refractivity contribution in [2.24, 2.45) is 5.41 Å². The number of anilines is 2. The quantitative estimate of drug-likeness (QED) is 0.618. The van der Waals surface area contributed by atoms with E-state index >= 15 is 0 Å². The number of hydrogen-bond acceptors (Lipinski definition) is 6. The monoisotopic (exact) mass is 450 g/mol. The molecule has 33 heavy (non-hydrogen) atoms. The minimum absolute atomic E-state index is 0.0169. The van der Waals surface area contributed by atoms with Gasteiger partial charge in [0.1, 0.15) is 5.52 Å². The molecule has 1 aliphatic heterocycles. The van der Waals surface area contributed by atoms with Gasteiger partial charge in [0.05, 0.1) is 13.2 Å². The molecule has 0 aliphatic carbocycles. The predicted molar refractivity (Wildman–Crippen MR) is 132 cm³/mol. The number of benzene rings is 1. The Labute approximate surface area is 195 Å². The van der Waals surface area contributed by atoms with E-state index in [2.05, 4.69) is 62.2 Å². The van der Waals surface area contributed by atoms with E-state index in [4.69, 9.17) is 14.8 Å². The number of rotatable bonds is 6. The molecular formula is C25H34N6O2. The van der Waals surface area contributed by atoms with Gasteiger partial charge in [-0.1, -0.05) is 20.8 Å². The van der Waals surface area contributed by atoms with Gasteiger partial charge in [0.25, 0.3) is 0 Å². The lowest BCUT2D eigenvalue weighted by Crippen LogP contribution is -2.37. The van der Waals surface area contributed by atoms with Crippen molar-refractivity contribution in [3.63, 3.8) is 0 Å². The van der Waals surface area contributed by atoms with Crippen LogP contribution in [-0.4, -0.2) is 65.8 Å². The lowest BCUT2D eigenvalue weighted by atomic mass is 9.92. The van der Waals surface area contributed by atoms with Crippen LogP contribution in [0.5, 0.6) is 0 Å². The number of amides is 1. The van der Waals surface area contributed by atoms with E-state index in [0.717, 1.165) is 42.2 Å². The van der Waals surface area contributed by atoms with Crippen molar-refractivity contribution < 1.29 is 9.53 Å². The van der Waals surface area contributed by atoms with Gasteiger partial charge >= 0.3 is 0 Å². The van der Waals surface area contributed by atoms with Crippen molar-refractivity contribution in [3.05, 3.63) is 42.1 Å². The smallest absolute Gasteiger partial charge is 0.224 e. The standard InChI is InChI=1S/C25H34N6O2/c1-25(2,3)15-22(32)26-20-8-6-19(7-9-20)23-27-24(30-10-12-33-13-11-30)21-14-18(16-29(4)5)17-31(21)28-23/h6-9,14,17H,10-13,15-16H2,1-5H3,(H,26,32). The normalized spacial score (nSPS) is 14.8. The molecule has 8 nitrogen and oxygen atoms in total. The number of nitrogens with one attached hydrogen (secondary N) is 1. The molecule has 4 rings (SSSR count). The molecule has 176 valence electrons. The lowest BCUT2D eigenvalue weighted by molar-refractivity contribution is -0.117. The maximum Gasteiger partial charge on any atom is 0.224 e. The van der Waals surface area contributed by atoms with E-state index in [1.54, 1.807) is 0 Å². The zero-order valence-electron chi connectivity index (χ0n) is 20.3. The third kappa shape index (κ3) is 5.89. The van der Waals surface area contributed by atoms with E-state index < -0.39 is 0 Å². The first-order valence-electron chi connectivity index (χ1n) is 11.4. The number of aromatic nitrogens is 3. The second-order valence-electron chi connectivity index (χ2n) is 10.1. The van der Waals surface area contributed by atoms with Gasteiger partial charge in [-0.25, -0.2) is 9.50 Å². The van der Waals surface area contributed by atoms with Crippen LogP contribution >= 0.6 is 0 Å². The Morgan fingerprint density at radius 1 is 1.15 bits per heavy atom. The van der Waals surface area contributed by atoms with Gasteiger partial charge in [-0.15, -0.1) is 5.10 Å². The van der Waals surface area contributed by atoms with Crippen molar-refractivity contribution in [1.82, 2.24) is 19.5 Å². The molecule has 0 atom stereocenters. The van der Waals surface area contributed by atoms with E-state index in [1.807, 2.05) is 28.8 Å². The molecule has 1 aliphatic rings. The molecule has 2 aromatic heterocycles. The molecule has 1 aromatic carbocycles. The SMILES string of the molecule is CN(C)Cc1cc2c(N3CCOCC3)nc(-c3ccc(NC(=O)CC(C)(C)C)cc3)nn2c1. The highest BCUT2D eigenvalue weighted by Gasteiger charge is 2.20. The van der Waals surface area contributed by atoms with Crippen LogP contribution in [0.3, 0.4) is 0 Å². The molecule has 3 heterocycles. The maximum atomic E-state index is 12.3. The molecule has 1 saturated heterocycles. The molecule has 0 unspecified atom stereocenters. The first kappa shape index (κ1) is 23.2. The van der Waals surface area contributed by atoms with Crippen LogP contribution in [0.1, 0.15) is 32.8 Å². The summed E-state index contributed by atoms with van der Waals surface area (Å²) in [5.41, 5.74) is 3.83. The summed E-state index contributed by atoms with van der Waals surface area (Å²) in [4.78, 5) is 21.6. The van der Waals surface area contributed by atoms with Gasteiger partial charge < -0.3 is 19.9 Å². The minimum Gasteiger partial charge on any atom is -0.378 e. The number of hydrogen-bond donors (Lipinski definition) is 1. The topological polar surface area (TPSA) is 75.0 Å². The summed E-state index contributed by atoms with van der Waals surface area (Å²) in [5.74, 6) is 1.60. The Morgan fingerprint density at radius 3 is 2.48 bits per heavy atom. The zero-order valence-corrected chi connectivity index (χ0v) is 20.3. The largest absolute Gasteiger partial charge is 0.378 e. The average Bonchev–Trinajstić information content (AvgIpc) is 3.14. The van der Waals surface area contributed by atoms with Gasteiger partial charge in [0.15, 0.2) is 11.6 Å². The first-order chi connectivity index (χ1) is 15.7. The fourth-order valence-electron chi connectivity index (χ4n) is 4.01. The molecule has 1 fully saturated rings. The van der Waals surface area contributed by atoms with Crippen LogP contribution in [0.4, 0.5) is 11.5 Å². The highest BCUT2D eigenvalue weighted by molar-refractivity contribution is 5.91. The van der Waals surface area contributed by atoms with E-state index in [1.165, 1.54) is 5.56 Å². The van der Waals surface area contributed by atoms with Crippen molar-refractivity contribution in [3.8, 4) is 11.4 Å². The summed E-state index contributed by atoms with van der Waals surface area (Å²) in [6, 6.07) is 9.90. The van der Waals surface area contributed by atoms with Gasteiger partial charge in [-0.2, -0.15) is 0 Å². The van der Waals surface area contributed by atoms with E-state index in [-0.39, 0.29) is 11.3 Å². The first-order valence-corrected chi connectivity index (χ1v) is 11.4. The summed E-state index contributed by atoms with van der Waals surface area (Å²) in [5, 5.41) is 7.79. The highest BCUT2D eigenvalue weighted by Crippen LogP contribution is 2.27. The van der Waals surface area contributed by atoms with Gasteiger partial charge in [-0.3, -0.25) is 4.79 Å². The summed E-state index contributed by atoms with van der Waals surface area (Å²) in [7, 11) is 4.12. The van der Waals surface area contributed by atoms with Crippen LogP contribution in [0.15, 0.2) is 36.5 Å². The van der Waals surface area contributed by atoms with Crippen molar-refractivity contribution in [2.75, 3.05) is 50.6 Å². The second-order valence-corrected chi connectivity index (χ2v) is 10.1. The Hall–Kier alpha value is -2.97. The van der Waals surface area contributed by atoms with E-state index in [0.29, 0.717) is 25.5 Å². The number of ether oxygens (including phenoxy) is 1. The van der Waals surface area contributed by atoms with E-state index in [9.17, 15) is 4.79 Å². The molecular weight excluding hydrogens is 416 g/mol. The Balaban J connectivity index is 1.64. The number of morpholine rings is 1. The number of fused-ring (bicyclic) bond motifs is 1. The lowest BCUT2D eigenvalue weighted by Gasteiger charge is -2.28. The summed E-state index contributed by atoms with van der Waals surface area (Å²) < 4.78 is 7.48. The molecule has 1 amide bonds. The van der Waals surface area contributed by atoms with Crippen molar-refractivity contribution in [1.29, 1.82) is 0 Å². The third-order valence-corrected chi connectivity index (χ3v) is 5.43. The number of carbonyl (C=O) groups is 1. The van der Waals surface area contributed by atoms with Crippen LogP contribution in [0.2, 0.25) is 0 Å². The molecule has 0 bridgehead atoms. The highest BCUT2D eigenvalue weighted by atomic mass is 16.5.